The fraction of sp³-hybridized carbons (Fsp3) is 0.500. The van der Waals surface area contributed by atoms with Gasteiger partial charge in [-0.2, -0.15) is 0 Å². The quantitative estimate of drug-likeness (QED) is 0.840. The zero-order valence-corrected chi connectivity index (χ0v) is 12.8. The highest BCUT2D eigenvalue weighted by atomic mass is 127. The Hall–Kier alpha value is -0.620. The molecule has 18 heavy (non-hydrogen) atoms. The van der Waals surface area contributed by atoms with Crippen LogP contribution in [0.15, 0.2) is 24.3 Å². The summed E-state index contributed by atoms with van der Waals surface area (Å²) in [6, 6.07) is 8.15. The first-order chi connectivity index (χ1) is 8.72. The van der Waals surface area contributed by atoms with E-state index in [1.54, 1.807) is 0 Å². The van der Waals surface area contributed by atoms with Crippen LogP contribution >= 0.6 is 22.6 Å². The molecule has 1 fully saturated rings. The maximum absolute atomic E-state index is 12.4. The second kappa shape index (κ2) is 6.52. The van der Waals surface area contributed by atoms with E-state index < -0.39 is 0 Å². The molecule has 3 nitrogen and oxygen atoms in total. The minimum Gasteiger partial charge on any atom is -0.311 e. The Kier molecular flexibility index (Phi) is 5.00. The molecule has 0 radical (unpaired) electrons. The minimum absolute atomic E-state index is 0.00187. The third-order valence-corrected chi connectivity index (χ3v) is 3.94. The number of piperidine rings is 1. The van der Waals surface area contributed by atoms with Crippen LogP contribution in [0.1, 0.15) is 26.2 Å². The Bertz CT molecular complexity index is 405. The maximum Gasteiger partial charge on any atom is 0.244 e. The zero-order chi connectivity index (χ0) is 13.0. The zero-order valence-electron chi connectivity index (χ0n) is 10.7. The lowest BCUT2D eigenvalue weighted by molar-refractivity contribution is -0.121. The molecule has 98 valence electrons. The number of hydrogen-bond donors (Lipinski definition) is 1. The first-order valence-electron chi connectivity index (χ1n) is 6.52. The first kappa shape index (κ1) is 13.8. The molecule has 1 amide bonds. The van der Waals surface area contributed by atoms with Crippen molar-refractivity contribution in [1.82, 2.24) is 5.32 Å². The standard InChI is InChI=1S/C14H19IN2O/c1-2-9-16-13-4-3-10-17(14(13)18)12-7-5-11(15)6-8-12/h5-8,13,16H,2-4,9-10H2,1H3. The van der Waals surface area contributed by atoms with Crippen LogP contribution in [0.5, 0.6) is 0 Å². The van der Waals surface area contributed by atoms with Gasteiger partial charge in [-0.1, -0.05) is 6.92 Å². The van der Waals surface area contributed by atoms with Gasteiger partial charge >= 0.3 is 0 Å². The van der Waals surface area contributed by atoms with E-state index in [1.165, 1.54) is 3.57 Å². The van der Waals surface area contributed by atoms with Gasteiger partial charge in [0.05, 0.1) is 6.04 Å². The van der Waals surface area contributed by atoms with Crippen LogP contribution in [0.4, 0.5) is 5.69 Å². The number of amides is 1. The van der Waals surface area contributed by atoms with Crippen molar-refractivity contribution in [3.05, 3.63) is 27.8 Å². The summed E-state index contributed by atoms with van der Waals surface area (Å²) in [5.41, 5.74) is 1.02. The highest BCUT2D eigenvalue weighted by Crippen LogP contribution is 2.22. The molecule has 1 saturated heterocycles. The molecule has 1 heterocycles. The summed E-state index contributed by atoms with van der Waals surface area (Å²) >= 11 is 2.28. The maximum atomic E-state index is 12.4. The summed E-state index contributed by atoms with van der Waals surface area (Å²) in [5.74, 6) is 0.218. The van der Waals surface area contributed by atoms with Gasteiger partial charge in [-0.05, 0) is 72.7 Å². The van der Waals surface area contributed by atoms with E-state index in [4.69, 9.17) is 0 Å². The molecule has 2 rings (SSSR count). The molecule has 1 aromatic rings. The minimum atomic E-state index is -0.00187. The molecule has 0 spiro atoms. The lowest BCUT2D eigenvalue weighted by Gasteiger charge is -2.32. The van der Waals surface area contributed by atoms with Crippen molar-refractivity contribution < 1.29 is 4.79 Å². The highest BCUT2D eigenvalue weighted by Gasteiger charge is 2.28. The van der Waals surface area contributed by atoms with Crippen molar-refractivity contribution in [3.8, 4) is 0 Å². The van der Waals surface area contributed by atoms with Gasteiger partial charge in [0.1, 0.15) is 0 Å². The van der Waals surface area contributed by atoms with Crippen LogP contribution in [0.3, 0.4) is 0 Å². The molecule has 1 N–H and O–H groups in total. The third-order valence-electron chi connectivity index (χ3n) is 3.22. The topological polar surface area (TPSA) is 32.3 Å². The average molecular weight is 358 g/mol. The molecule has 1 unspecified atom stereocenters. The van der Waals surface area contributed by atoms with Gasteiger partial charge < -0.3 is 10.2 Å². The summed E-state index contributed by atoms with van der Waals surface area (Å²) in [4.78, 5) is 14.3. The van der Waals surface area contributed by atoms with Gasteiger partial charge in [-0.15, -0.1) is 0 Å². The summed E-state index contributed by atoms with van der Waals surface area (Å²) in [7, 11) is 0. The number of hydrogen-bond acceptors (Lipinski definition) is 2. The lowest BCUT2D eigenvalue weighted by atomic mass is 10.0. The Morgan fingerprint density at radius 1 is 1.39 bits per heavy atom. The van der Waals surface area contributed by atoms with Crippen LogP contribution in [0.2, 0.25) is 0 Å². The number of nitrogens with one attached hydrogen (secondary N) is 1. The fourth-order valence-corrected chi connectivity index (χ4v) is 2.62. The van der Waals surface area contributed by atoms with Crippen LogP contribution in [0, 0.1) is 3.57 Å². The normalized spacial score (nSPS) is 20.2. The molecular weight excluding hydrogens is 339 g/mol. The van der Waals surface area contributed by atoms with Crippen LogP contribution in [-0.2, 0) is 4.79 Å². The molecule has 1 aliphatic heterocycles. The van der Waals surface area contributed by atoms with E-state index >= 15 is 0 Å². The Balaban J connectivity index is 2.08. The van der Waals surface area contributed by atoms with Gasteiger partial charge in [0, 0.05) is 15.8 Å². The smallest absolute Gasteiger partial charge is 0.244 e. The van der Waals surface area contributed by atoms with E-state index in [-0.39, 0.29) is 11.9 Å². The predicted molar refractivity (Wildman–Crippen MR) is 82.8 cm³/mol. The molecule has 1 aromatic carbocycles. The molecule has 4 heteroatoms. The summed E-state index contributed by atoms with van der Waals surface area (Å²) in [5, 5.41) is 3.34. The SMILES string of the molecule is CCCNC1CCCN(c2ccc(I)cc2)C1=O. The van der Waals surface area contributed by atoms with Crippen LogP contribution in [-0.4, -0.2) is 25.0 Å². The molecule has 0 saturated carbocycles. The fourth-order valence-electron chi connectivity index (χ4n) is 2.26. The number of carbonyl (C=O) groups excluding carboxylic acids is 1. The second-order valence-electron chi connectivity index (χ2n) is 4.62. The number of rotatable bonds is 4. The average Bonchev–Trinajstić information content (AvgIpc) is 2.39. The summed E-state index contributed by atoms with van der Waals surface area (Å²) < 4.78 is 1.20. The molecule has 1 aliphatic rings. The van der Waals surface area contributed by atoms with Crippen LogP contribution in [0.25, 0.3) is 0 Å². The summed E-state index contributed by atoms with van der Waals surface area (Å²) in [6.07, 6.45) is 3.09. The summed E-state index contributed by atoms with van der Waals surface area (Å²) in [6.45, 7) is 3.87. The number of nitrogens with zero attached hydrogens (tertiary/aromatic N) is 1. The van der Waals surface area contributed by atoms with E-state index in [9.17, 15) is 4.79 Å². The van der Waals surface area contributed by atoms with Crippen molar-refractivity contribution in [2.75, 3.05) is 18.0 Å². The largest absolute Gasteiger partial charge is 0.311 e. The monoisotopic (exact) mass is 358 g/mol. The molecule has 1 atom stereocenters. The predicted octanol–water partition coefficient (Wildman–Crippen LogP) is 2.79. The number of halogens is 1. The van der Waals surface area contributed by atoms with E-state index in [1.807, 2.05) is 29.2 Å². The highest BCUT2D eigenvalue weighted by molar-refractivity contribution is 14.1. The second-order valence-corrected chi connectivity index (χ2v) is 5.86. The van der Waals surface area contributed by atoms with E-state index in [0.717, 1.165) is 38.0 Å². The van der Waals surface area contributed by atoms with Gasteiger partial charge in [0.2, 0.25) is 5.91 Å². The Morgan fingerprint density at radius 3 is 2.78 bits per heavy atom. The van der Waals surface area contributed by atoms with Crippen LogP contribution < -0.4 is 10.2 Å². The van der Waals surface area contributed by atoms with Crippen molar-refractivity contribution in [3.63, 3.8) is 0 Å². The van der Waals surface area contributed by atoms with Gasteiger partial charge in [0.15, 0.2) is 0 Å². The third kappa shape index (κ3) is 3.23. The van der Waals surface area contributed by atoms with Gasteiger partial charge in [-0.3, -0.25) is 4.79 Å². The van der Waals surface area contributed by atoms with Crippen molar-refractivity contribution in [2.45, 2.75) is 32.2 Å². The molecule has 0 aliphatic carbocycles. The van der Waals surface area contributed by atoms with E-state index in [2.05, 4.69) is 34.8 Å². The Morgan fingerprint density at radius 2 is 2.11 bits per heavy atom. The van der Waals surface area contributed by atoms with Gasteiger partial charge in [0.25, 0.3) is 0 Å². The number of benzene rings is 1. The van der Waals surface area contributed by atoms with Crippen molar-refractivity contribution in [1.29, 1.82) is 0 Å². The molecule has 0 bridgehead atoms. The Labute approximate surface area is 122 Å². The van der Waals surface area contributed by atoms with E-state index in [0.29, 0.717) is 0 Å². The number of anilines is 1. The van der Waals surface area contributed by atoms with Crippen molar-refractivity contribution in [2.24, 2.45) is 0 Å². The van der Waals surface area contributed by atoms with Gasteiger partial charge in [-0.25, -0.2) is 0 Å². The molecular formula is C14H19IN2O. The lowest BCUT2D eigenvalue weighted by Crippen LogP contribution is -2.51. The first-order valence-corrected chi connectivity index (χ1v) is 7.60. The molecule has 0 aromatic heterocycles. The number of carbonyl (C=O) groups is 1. The van der Waals surface area contributed by atoms with Crippen molar-refractivity contribution >= 4 is 34.2 Å².